The number of rotatable bonds is 7. The number of amides is 1. The number of nitrogens with two attached hydrogens (primary N) is 1. The zero-order valence-electron chi connectivity index (χ0n) is 13.1. The zero-order valence-corrected chi connectivity index (χ0v) is 13.1. The smallest absolute Gasteiger partial charge is 0.268 e. The lowest BCUT2D eigenvalue weighted by Gasteiger charge is -2.12. The van der Waals surface area contributed by atoms with Gasteiger partial charge in [-0.05, 0) is 31.2 Å². The fourth-order valence-corrected chi connectivity index (χ4v) is 1.69. The molecule has 2 rings (SSSR count). The normalized spacial score (nSPS) is 12.3. The molecule has 24 heavy (non-hydrogen) atoms. The lowest BCUT2D eigenvalue weighted by Crippen LogP contribution is -2.28. The van der Waals surface area contributed by atoms with Gasteiger partial charge in [-0.1, -0.05) is 35.5 Å². The maximum Gasteiger partial charge on any atom is 0.268 e. The molecule has 1 unspecified atom stereocenters. The molecule has 7 heteroatoms. The van der Waals surface area contributed by atoms with Crippen LogP contribution in [0.2, 0.25) is 0 Å². The molecule has 2 aromatic carbocycles. The lowest BCUT2D eigenvalue weighted by atomic mass is 10.3. The molecule has 0 aliphatic carbocycles. The second-order valence-corrected chi connectivity index (χ2v) is 4.90. The number of amidine groups is 1. The van der Waals surface area contributed by atoms with E-state index in [9.17, 15) is 9.18 Å². The van der Waals surface area contributed by atoms with Crippen molar-refractivity contribution in [2.75, 3.05) is 11.9 Å². The van der Waals surface area contributed by atoms with Crippen molar-refractivity contribution in [3.05, 3.63) is 60.4 Å². The SMILES string of the molecule is CC(O/N=C(\N)COc1ccccc1)C(=O)Nc1ccccc1F. The van der Waals surface area contributed by atoms with Crippen LogP contribution in [0.1, 0.15) is 6.92 Å². The van der Waals surface area contributed by atoms with E-state index in [0.29, 0.717) is 5.75 Å². The average molecular weight is 331 g/mol. The standard InChI is InChI=1S/C17H18FN3O3/c1-12(17(22)20-15-10-6-5-9-14(15)18)24-21-16(19)11-23-13-7-3-2-4-8-13/h2-10,12H,11H2,1H3,(H2,19,21)(H,20,22). The molecule has 0 aliphatic heterocycles. The number of ether oxygens (including phenoxy) is 1. The maximum atomic E-state index is 13.5. The highest BCUT2D eigenvalue weighted by molar-refractivity contribution is 5.94. The van der Waals surface area contributed by atoms with Crippen LogP contribution < -0.4 is 15.8 Å². The van der Waals surface area contributed by atoms with Crippen LogP contribution in [0.3, 0.4) is 0 Å². The van der Waals surface area contributed by atoms with E-state index < -0.39 is 17.8 Å². The Hall–Kier alpha value is -3.09. The summed E-state index contributed by atoms with van der Waals surface area (Å²) in [4.78, 5) is 16.9. The van der Waals surface area contributed by atoms with Crippen LogP contribution >= 0.6 is 0 Å². The van der Waals surface area contributed by atoms with Gasteiger partial charge in [0.2, 0.25) is 6.10 Å². The molecule has 1 atom stereocenters. The minimum Gasteiger partial charge on any atom is -0.486 e. The first kappa shape index (κ1) is 17.3. The molecular weight excluding hydrogens is 313 g/mol. The number of carbonyl (C=O) groups is 1. The van der Waals surface area contributed by atoms with E-state index >= 15 is 0 Å². The summed E-state index contributed by atoms with van der Waals surface area (Å²) in [6.07, 6.45) is -0.945. The number of hydrogen-bond donors (Lipinski definition) is 2. The van der Waals surface area contributed by atoms with E-state index in [1.165, 1.54) is 25.1 Å². The monoisotopic (exact) mass is 331 g/mol. The van der Waals surface area contributed by atoms with Crippen LogP contribution in [-0.4, -0.2) is 24.5 Å². The molecular formula is C17H18FN3O3. The number of anilines is 1. The molecule has 0 fully saturated rings. The third kappa shape index (κ3) is 5.28. The number of nitrogens with zero attached hydrogens (tertiary/aromatic N) is 1. The highest BCUT2D eigenvalue weighted by Crippen LogP contribution is 2.13. The Labute approximate surface area is 139 Å². The van der Waals surface area contributed by atoms with E-state index in [4.69, 9.17) is 15.3 Å². The van der Waals surface area contributed by atoms with Crippen molar-refractivity contribution in [3.63, 3.8) is 0 Å². The van der Waals surface area contributed by atoms with Gasteiger partial charge in [0.25, 0.3) is 5.91 Å². The first-order chi connectivity index (χ1) is 11.6. The lowest BCUT2D eigenvalue weighted by molar-refractivity contribution is -0.126. The first-order valence-corrected chi connectivity index (χ1v) is 7.27. The van der Waals surface area contributed by atoms with Gasteiger partial charge in [0.05, 0.1) is 5.69 Å². The highest BCUT2D eigenvalue weighted by atomic mass is 19.1. The van der Waals surface area contributed by atoms with E-state index in [0.717, 1.165) is 0 Å². The minimum absolute atomic E-state index is 0.0195. The summed E-state index contributed by atoms with van der Waals surface area (Å²) in [6.45, 7) is 1.50. The number of oxime groups is 1. The van der Waals surface area contributed by atoms with Gasteiger partial charge in [0.15, 0.2) is 5.84 Å². The van der Waals surface area contributed by atoms with Gasteiger partial charge in [-0.2, -0.15) is 0 Å². The predicted molar refractivity (Wildman–Crippen MR) is 89.1 cm³/mol. The van der Waals surface area contributed by atoms with Crippen LogP contribution in [0.15, 0.2) is 59.8 Å². The molecule has 126 valence electrons. The van der Waals surface area contributed by atoms with Crippen molar-refractivity contribution >= 4 is 17.4 Å². The van der Waals surface area contributed by atoms with Crippen molar-refractivity contribution in [1.82, 2.24) is 0 Å². The summed E-state index contributed by atoms with van der Waals surface area (Å²) in [5.41, 5.74) is 5.73. The molecule has 0 saturated carbocycles. The maximum absolute atomic E-state index is 13.5. The Morgan fingerprint density at radius 3 is 2.58 bits per heavy atom. The summed E-state index contributed by atoms with van der Waals surface area (Å²) in [5.74, 6) is -0.358. The van der Waals surface area contributed by atoms with Crippen LogP contribution in [-0.2, 0) is 9.63 Å². The third-order valence-corrected chi connectivity index (χ3v) is 2.96. The molecule has 0 spiro atoms. The van der Waals surface area contributed by atoms with Crippen molar-refractivity contribution in [2.24, 2.45) is 10.9 Å². The summed E-state index contributed by atoms with van der Waals surface area (Å²) in [6, 6.07) is 14.9. The molecule has 1 amide bonds. The Morgan fingerprint density at radius 2 is 1.88 bits per heavy atom. The number of carbonyl (C=O) groups excluding carboxylic acids is 1. The van der Waals surface area contributed by atoms with Gasteiger partial charge in [-0.3, -0.25) is 4.79 Å². The average Bonchev–Trinajstić information content (AvgIpc) is 2.60. The van der Waals surface area contributed by atoms with E-state index in [-0.39, 0.29) is 18.1 Å². The summed E-state index contributed by atoms with van der Waals surface area (Å²) in [7, 11) is 0. The van der Waals surface area contributed by atoms with Gasteiger partial charge >= 0.3 is 0 Å². The Bertz CT molecular complexity index is 707. The molecule has 0 radical (unpaired) electrons. The largest absolute Gasteiger partial charge is 0.486 e. The first-order valence-electron chi connectivity index (χ1n) is 7.27. The van der Waals surface area contributed by atoms with Crippen molar-refractivity contribution in [3.8, 4) is 5.75 Å². The van der Waals surface area contributed by atoms with Crippen LogP contribution in [0.25, 0.3) is 0 Å². The van der Waals surface area contributed by atoms with E-state index in [1.807, 2.05) is 18.2 Å². The van der Waals surface area contributed by atoms with Gasteiger partial charge in [0.1, 0.15) is 18.2 Å². The zero-order chi connectivity index (χ0) is 17.4. The van der Waals surface area contributed by atoms with Crippen LogP contribution in [0, 0.1) is 5.82 Å². The topological polar surface area (TPSA) is 85.9 Å². The third-order valence-electron chi connectivity index (χ3n) is 2.96. The quantitative estimate of drug-likeness (QED) is 0.464. The number of benzene rings is 2. The molecule has 0 saturated heterocycles. The van der Waals surface area contributed by atoms with E-state index in [2.05, 4.69) is 10.5 Å². The van der Waals surface area contributed by atoms with Crippen LogP contribution in [0.4, 0.5) is 10.1 Å². The number of para-hydroxylation sites is 2. The number of nitrogens with one attached hydrogen (secondary N) is 1. The summed E-state index contributed by atoms with van der Waals surface area (Å²) in [5, 5.41) is 6.05. The second kappa shape index (κ2) is 8.52. The van der Waals surface area contributed by atoms with Crippen LogP contribution in [0.5, 0.6) is 5.75 Å². The summed E-state index contributed by atoms with van der Waals surface area (Å²) >= 11 is 0. The fourth-order valence-electron chi connectivity index (χ4n) is 1.69. The number of halogens is 1. The fraction of sp³-hybridized carbons (Fsp3) is 0.176. The molecule has 6 nitrogen and oxygen atoms in total. The van der Waals surface area contributed by atoms with Crippen molar-refractivity contribution < 1.29 is 18.8 Å². The van der Waals surface area contributed by atoms with Gasteiger partial charge in [-0.15, -0.1) is 0 Å². The van der Waals surface area contributed by atoms with Gasteiger partial charge in [-0.25, -0.2) is 4.39 Å². The second-order valence-electron chi connectivity index (χ2n) is 4.90. The Morgan fingerprint density at radius 1 is 1.21 bits per heavy atom. The molecule has 0 bridgehead atoms. The van der Waals surface area contributed by atoms with Crippen molar-refractivity contribution in [2.45, 2.75) is 13.0 Å². The minimum atomic E-state index is -0.945. The Kier molecular flexibility index (Phi) is 6.13. The highest BCUT2D eigenvalue weighted by Gasteiger charge is 2.16. The Balaban J connectivity index is 1.81. The van der Waals surface area contributed by atoms with Gasteiger partial charge in [0, 0.05) is 0 Å². The van der Waals surface area contributed by atoms with Gasteiger partial charge < -0.3 is 20.6 Å². The predicted octanol–water partition coefficient (Wildman–Crippen LogP) is 2.52. The molecule has 0 aromatic heterocycles. The van der Waals surface area contributed by atoms with Crippen molar-refractivity contribution in [1.29, 1.82) is 0 Å². The molecule has 0 heterocycles. The number of hydrogen-bond acceptors (Lipinski definition) is 4. The molecule has 3 N–H and O–H groups in total. The molecule has 0 aliphatic rings. The van der Waals surface area contributed by atoms with E-state index in [1.54, 1.807) is 18.2 Å². The summed E-state index contributed by atoms with van der Waals surface area (Å²) < 4.78 is 18.9. The molecule has 2 aromatic rings.